The molecule has 152 valence electrons. The lowest BCUT2D eigenvalue weighted by atomic mass is 10.2. The van der Waals surface area contributed by atoms with Gasteiger partial charge >= 0.3 is 6.18 Å². The second-order valence-electron chi connectivity index (χ2n) is 6.31. The minimum atomic E-state index is -4.71. The third-order valence-corrected chi connectivity index (χ3v) is 5.21. The van der Waals surface area contributed by atoms with E-state index in [0.717, 1.165) is 10.4 Å². The summed E-state index contributed by atoms with van der Waals surface area (Å²) >= 11 is 11.6. The summed E-state index contributed by atoms with van der Waals surface area (Å²) in [5.74, 6) is -0.335. The number of alkyl halides is 3. The minimum absolute atomic E-state index is 0.0119. The highest BCUT2D eigenvalue weighted by Gasteiger charge is 2.39. The molecule has 0 aliphatic carbocycles. The molecule has 28 heavy (non-hydrogen) atoms. The van der Waals surface area contributed by atoms with E-state index in [2.05, 4.69) is 10.00 Å². The molecule has 0 unspecified atom stereocenters. The number of carbonyl (C=O) groups excluding carboxylic acids is 1. The molecule has 0 bridgehead atoms. The molecule has 1 aromatic carbocycles. The number of hydrogen-bond acceptors (Lipinski definition) is 4. The van der Waals surface area contributed by atoms with Crippen molar-refractivity contribution >= 4 is 34.8 Å². The van der Waals surface area contributed by atoms with E-state index in [1.54, 1.807) is 17.0 Å². The SMILES string of the molecule is NCc1c(Cl)c(C(F)(F)F)nn1CC(=O)N1CCN(c2ccc(Cl)cc2)CC1. The summed E-state index contributed by atoms with van der Waals surface area (Å²) in [5.41, 5.74) is 5.26. The van der Waals surface area contributed by atoms with Crippen LogP contribution in [0.15, 0.2) is 24.3 Å². The Morgan fingerprint density at radius 1 is 1.11 bits per heavy atom. The predicted octanol–water partition coefficient (Wildman–Crippen LogP) is 3.02. The average molecular weight is 436 g/mol. The Balaban J connectivity index is 1.66. The first kappa shape index (κ1) is 20.8. The first-order chi connectivity index (χ1) is 13.2. The van der Waals surface area contributed by atoms with Gasteiger partial charge in [0.1, 0.15) is 6.54 Å². The molecule has 0 spiro atoms. The summed E-state index contributed by atoms with van der Waals surface area (Å²) in [7, 11) is 0. The Kier molecular flexibility index (Phi) is 6.07. The van der Waals surface area contributed by atoms with Gasteiger partial charge in [0.2, 0.25) is 5.91 Å². The Hall–Kier alpha value is -1.97. The largest absolute Gasteiger partial charge is 0.436 e. The van der Waals surface area contributed by atoms with Gasteiger partial charge in [0.05, 0.1) is 10.7 Å². The number of hydrogen-bond donors (Lipinski definition) is 1. The highest BCUT2D eigenvalue weighted by Crippen LogP contribution is 2.35. The average Bonchev–Trinajstić information content (AvgIpc) is 2.98. The lowest BCUT2D eigenvalue weighted by Gasteiger charge is -2.36. The van der Waals surface area contributed by atoms with Crippen molar-refractivity contribution in [2.75, 3.05) is 31.1 Å². The summed E-state index contributed by atoms with van der Waals surface area (Å²) in [5, 5.41) is 3.55. The van der Waals surface area contributed by atoms with E-state index in [0.29, 0.717) is 31.2 Å². The van der Waals surface area contributed by atoms with Crippen molar-refractivity contribution in [2.24, 2.45) is 5.73 Å². The number of nitrogens with two attached hydrogens (primary N) is 1. The first-order valence-corrected chi connectivity index (χ1v) is 9.27. The number of carbonyl (C=O) groups is 1. The Morgan fingerprint density at radius 3 is 2.25 bits per heavy atom. The molecule has 1 aromatic heterocycles. The van der Waals surface area contributed by atoms with Crippen LogP contribution < -0.4 is 10.6 Å². The van der Waals surface area contributed by atoms with Crippen LogP contribution in [0.4, 0.5) is 18.9 Å². The van der Waals surface area contributed by atoms with Gasteiger partial charge < -0.3 is 15.5 Å². The van der Waals surface area contributed by atoms with Crippen molar-refractivity contribution in [1.29, 1.82) is 0 Å². The molecule has 0 radical (unpaired) electrons. The normalized spacial score (nSPS) is 15.2. The highest BCUT2D eigenvalue weighted by atomic mass is 35.5. The number of benzene rings is 1. The van der Waals surface area contributed by atoms with Crippen molar-refractivity contribution in [3.8, 4) is 0 Å². The molecule has 11 heteroatoms. The molecule has 0 atom stereocenters. The molecule has 1 fully saturated rings. The maximum Gasteiger partial charge on any atom is 0.436 e. The maximum atomic E-state index is 13.0. The van der Waals surface area contributed by atoms with Crippen LogP contribution in [-0.2, 0) is 24.1 Å². The fourth-order valence-electron chi connectivity index (χ4n) is 3.08. The molecule has 1 aliphatic heterocycles. The number of nitrogens with zero attached hydrogens (tertiary/aromatic N) is 4. The van der Waals surface area contributed by atoms with Crippen LogP contribution in [0.3, 0.4) is 0 Å². The second kappa shape index (κ2) is 8.18. The van der Waals surface area contributed by atoms with Crippen LogP contribution in [0.2, 0.25) is 10.0 Å². The summed E-state index contributed by atoms with van der Waals surface area (Å²) in [4.78, 5) is 16.3. The third kappa shape index (κ3) is 4.37. The van der Waals surface area contributed by atoms with E-state index in [-0.39, 0.29) is 24.7 Å². The molecular weight excluding hydrogens is 418 g/mol. The lowest BCUT2D eigenvalue weighted by molar-refractivity contribution is -0.142. The molecule has 3 rings (SSSR count). The molecule has 2 heterocycles. The van der Waals surface area contributed by atoms with Crippen molar-refractivity contribution in [3.05, 3.63) is 45.7 Å². The van der Waals surface area contributed by atoms with Crippen LogP contribution in [0, 0.1) is 0 Å². The molecule has 1 amide bonds. The molecule has 2 N–H and O–H groups in total. The first-order valence-electron chi connectivity index (χ1n) is 8.51. The smallest absolute Gasteiger partial charge is 0.368 e. The van der Waals surface area contributed by atoms with Gasteiger partial charge in [0.15, 0.2) is 5.69 Å². The monoisotopic (exact) mass is 435 g/mol. The van der Waals surface area contributed by atoms with E-state index in [4.69, 9.17) is 28.9 Å². The molecule has 0 saturated carbocycles. The van der Waals surface area contributed by atoms with Gasteiger partial charge in [-0.25, -0.2) is 0 Å². The lowest BCUT2D eigenvalue weighted by Crippen LogP contribution is -2.49. The summed E-state index contributed by atoms with van der Waals surface area (Å²) in [6, 6.07) is 7.39. The van der Waals surface area contributed by atoms with Crippen LogP contribution in [-0.4, -0.2) is 46.8 Å². The van der Waals surface area contributed by atoms with Crippen LogP contribution >= 0.6 is 23.2 Å². The fourth-order valence-corrected chi connectivity index (χ4v) is 3.52. The van der Waals surface area contributed by atoms with Gasteiger partial charge in [-0.2, -0.15) is 18.3 Å². The molecule has 2 aromatic rings. The van der Waals surface area contributed by atoms with Crippen molar-refractivity contribution in [1.82, 2.24) is 14.7 Å². The number of aromatic nitrogens is 2. The quantitative estimate of drug-likeness (QED) is 0.801. The zero-order valence-electron chi connectivity index (χ0n) is 14.7. The second-order valence-corrected chi connectivity index (χ2v) is 7.13. The van der Waals surface area contributed by atoms with Gasteiger partial charge in [0.25, 0.3) is 0 Å². The van der Waals surface area contributed by atoms with E-state index in [9.17, 15) is 18.0 Å². The van der Waals surface area contributed by atoms with Gasteiger partial charge in [0, 0.05) is 43.4 Å². The Bertz CT molecular complexity index is 846. The zero-order valence-corrected chi connectivity index (χ0v) is 16.2. The fraction of sp³-hybridized carbons (Fsp3) is 0.412. The molecule has 6 nitrogen and oxygen atoms in total. The van der Waals surface area contributed by atoms with E-state index in [1.807, 2.05) is 12.1 Å². The standard InChI is InChI=1S/C17H18Cl2F3N5O/c18-11-1-3-12(4-2-11)25-5-7-26(8-6-25)14(28)10-27-13(9-23)15(19)16(24-27)17(20,21)22/h1-4H,5-10,23H2. The number of halogens is 5. The maximum absolute atomic E-state index is 13.0. The Labute approximate surface area is 169 Å². The molecule has 1 saturated heterocycles. The van der Waals surface area contributed by atoms with Gasteiger partial charge in [-0.1, -0.05) is 23.2 Å². The van der Waals surface area contributed by atoms with Crippen LogP contribution in [0.1, 0.15) is 11.4 Å². The summed E-state index contributed by atoms with van der Waals surface area (Å²) < 4.78 is 39.9. The number of rotatable bonds is 4. The van der Waals surface area contributed by atoms with E-state index >= 15 is 0 Å². The number of piperazine rings is 1. The van der Waals surface area contributed by atoms with Gasteiger partial charge in [-0.05, 0) is 24.3 Å². The van der Waals surface area contributed by atoms with Crippen molar-refractivity contribution < 1.29 is 18.0 Å². The van der Waals surface area contributed by atoms with E-state index in [1.165, 1.54) is 0 Å². The third-order valence-electron chi connectivity index (χ3n) is 4.56. The topological polar surface area (TPSA) is 67.4 Å². The Morgan fingerprint density at radius 2 is 1.71 bits per heavy atom. The van der Waals surface area contributed by atoms with Gasteiger partial charge in [-0.15, -0.1) is 0 Å². The van der Waals surface area contributed by atoms with Crippen molar-refractivity contribution in [2.45, 2.75) is 19.3 Å². The van der Waals surface area contributed by atoms with E-state index < -0.39 is 16.9 Å². The minimum Gasteiger partial charge on any atom is -0.368 e. The summed E-state index contributed by atoms with van der Waals surface area (Å²) in [6.07, 6.45) is -4.71. The van der Waals surface area contributed by atoms with Gasteiger partial charge in [-0.3, -0.25) is 9.48 Å². The summed E-state index contributed by atoms with van der Waals surface area (Å²) in [6.45, 7) is 1.50. The zero-order chi connectivity index (χ0) is 20.5. The predicted molar refractivity (Wildman–Crippen MR) is 100 cm³/mol. The van der Waals surface area contributed by atoms with Crippen LogP contribution in [0.25, 0.3) is 0 Å². The molecule has 1 aliphatic rings. The number of anilines is 1. The molecular formula is C17H18Cl2F3N5O. The number of amides is 1. The highest BCUT2D eigenvalue weighted by molar-refractivity contribution is 6.32. The van der Waals surface area contributed by atoms with Crippen LogP contribution in [0.5, 0.6) is 0 Å². The van der Waals surface area contributed by atoms with Crippen molar-refractivity contribution in [3.63, 3.8) is 0 Å².